The van der Waals surface area contributed by atoms with Gasteiger partial charge < -0.3 is 0 Å². The van der Waals surface area contributed by atoms with Gasteiger partial charge >= 0.3 is 0 Å². The summed E-state index contributed by atoms with van der Waals surface area (Å²) in [7, 11) is 0. The Morgan fingerprint density at radius 2 is 2.17 bits per heavy atom. The van der Waals surface area contributed by atoms with Gasteiger partial charge in [-0.05, 0) is 26.0 Å². The van der Waals surface area contributed by atoms with E-state index in [2.05, 4.69) is 11.8 Å². The Morgan fingerprint density at radius 3 is 2.75 bits per heavy atom. The fourth-order valence-electron chi connectivity index (χ4n) is 0.960. The summed E-state index contributed by atoms with van der Waals surface area (Å²) < 4.78 is 0. The van der Waals surface area contributed by atoms with E-state index >= 15 is 0 Å². The molecule has 0 N–H and O–H groups in total. The monoisotopic (exact) mass is 158 g/mol. The molecule has 1 aromatic carbocycles. The quantitative estimate of drug-likeness (QED) is 0.452. The third-order valence-corrected chi connectivity index (χ3v) is 1.54. The van der Waals surface area contributed by atoms with Gasteiger partial charge in [-0.15, -0.1) is 5.92 Å². The molecule has 1 nitrogen and oxygen atoms in total. The van der Waals surface area contributed by atoms with E-state index in [0.717, 1.165) is 11.1 Å². The van der Waals surface area contributed by atoms with Gasteiger partial charge in [-0.2, -0.15) is 0 Å². The first kappa shape index (κ1) is 8.55. The lowest BCUT2D eigenvalue weighted by Gasteiger charge is -1.94. The lowest BCUT2D eigenvalue weighted by atomic mass is 10.1. The molecule has 0 aromatic heterocycles. The van der Waals surface area contributed by atoms with Gasteiger partial charge in [0.2, 0.25) is 0 Å². The molecule has 0 saturated heterocycles. The fraction of sp³-hybridized carbons (Fsp3) is 0.182. The number of benzene rings is 1. The molecule has 0 spiro atoms. The van der Waals surface area contributed by atoms with Crippen molar-refractivity contribution in [2.45, 2.75) is 13.8 Å². The van der Waals surface area contributed by atoms with Crippen LogP contribution in [-0.4, -0.2) is 5.78 Å². The van der Waals surface area contributed by atoms with E-state index in [1.54, 1.807) is 26.0 Å². The second-order valence-electron chi connectivity index (χ2n) is 2.51. The third-order valence-electron chi connectivity index (χ3n) is 1.54. The van der Waals surface area contributed by atoms with Crippen molar-refractivity contribution < 1.29 is 4.79 Å². The van der Waals surface area contributed by atoms with Crippen molar-refractivity contribution in [3.63, 3.8) is 0 Å². The van der Waals surface area contributed by atoms with Crippen LogP contribution in [0.25, 0.3) is 0 Å². The zero-order chi connectivity index (χ0) is 8.97. The smallest absolute Gasteiger partial charge is 0.159 e. The Bertz CT molecular complexity index is 353. The summed E-state index contributed by atoms with van der Waals surface area (Å²) in [5, 5.41) is 0. The van der Waals surface area contributed by atoms with Gasteiger partial charge in [0.05, 0.1) is 0 Å². The molecule has 0 fully saturated rings. The molecular formula is C11H10O. The van der Waals surface area contributed by atoms with Gasteiger partial charge in [0.1, 0.15) is 0 Å². The topological polar surface area (TPSA) is 17.1 Å². The van der Waals surface area contributed by atoms with Gasteiger partial charge in [0.25, 0.3) is 0 Å². The summed E-state index contributed by atoms with van der Waals surface area (Å²) in [6, 6.07) is 7.33. The minimum absolute atomic E-state index is 0.0785. The lowest BCUT2D eigenvalue weighted by molar-refractivity contribution is 0.101. The van der Waals surface area contributed by atoms with E-state index in [-0.39, 0.29) is 5.78 Å². The minimum Gasteiger partial charge on any atom is -0.295 e. The summed E-state index contributed by atoms with van der Waals surface area (Å²) in [5.74, 6) is 5.77. The van der Waals surface area contributed by atoms with Crippen LogP contribution in [0.4, 0.5) is 0 Å². The van der Waals surface area contributed by atoms with E-state index in [4.69, 9.17) is 0 Å². The van der Waals surface area contributed by atoms with Crippen molar-refractivity contribution in [2.24, 2.45) is 0 Å². The standard InChI is InChI=1S/C11H10O/c1-3-5-10-6-4-7-11(8-10)9(2)12/h4,6-8H,1-2H3. The van der Waals surface area contributed by atoms with Crippen LogP contribution in [0.15, 0.2) is 24.3 Å². The molecule has 0 amide bonds. The molecule has 0 unspecified atom stereocenters. The van der Waals surface area contributed by atoms with Crippen LogP contribution < -0.4 is 0 Å². The molecule has 1 aromatic rings. The number of hydrogen-bond donors (Lipinski definition) is 0. The normalized spacial score (nSPS) is 8.50. The van der Waals surface area contributed by atoms with Gasteiger partial charge in [0.15, 0.2) is 5.78 Å². The third kappa shape index (κ3) is 1.96. The van der Waals surface area contributed by atoms with Gasteiger partial charge in [-0.3, -0.25) is 4.79 Å². The number of hydrogen-bond acceptors (Lipinski definition) is 1. The summed E-state index contributed by atoms with van der Waals surface area (Å²) in [5.41, 5.74) is 1.61. The Labute approximate surface area is 72.4 Å². The van der Waals surface area contributed by atoms with Gasteiger partial charge in [-0.25, -0.2) is 0 Å². The number of carbonyl (C=O) groups excluding carboxylic acids is 1. The van der Waals surface area contributed by atoms with E-state index in [9.17, 15) is 4.79 Å². The molecule has 0 bridgehead atoms. The molecule has 60 valence electrons. The minimum atomic E-state index is 0.0785. The Kier molecular flexibility index (Phi) is 2.66. The SMILES string of the molecule is CC#Cc1cccc(C(C)=O)c1. The highest BCUT2D eigenvalue weighted by Gasteiger charge is 1.97. The zero-order valence-corrected chi connectivity index (χ0v) is 7.22. The van der Waals surface area contributed by atoms with Crippen molar-refractivity contribution in [2.75, 3.05) is 0 Å². The second-order valence-corrected chi connectivity index (χ2v) is 2.51. The molecule has 0 aliphatic carbocycles. The van der Waals surface area contributed by atoms with E-state index in [0.29, 0.717) is 0 Å². The first-order valence-electron chi connectivity index (χ1n) is 3.78. The number of Topliss-reactive ketones (excluding diaryl/α,β-unsaturated/α-hetero) is 1. The molecule has 0 saturated carbocycles. The second kappa shape index (κ2) is 3.73. The highest BCUT2D eigenvalue weighted by atomic mass is 16.1. The maximum atomic E-state index is 11.0. The zero-order valence-electron chi connectivity index (χ0n) is 7.22. The van der Waals surface area contributed by atoms with Crippen molar-refractivity contribution in [3.05, 3.63) is 35.4 Å². The Morgan fingerprint density at radius 1 is 1.42 bits per heavy atom. The molecular weight excluding hydrogens is 148 g/mol. The molecule has 0 radical (unpaired) electrons. The van der Waals surface area contributed by atoms with Crippen LogP contribution in [0.5, 0.6) is 0 Å². The molecule has 0 aliphatic heterocycles. The van der Waals surface area contributed by atoms with Crippen molar-refractivity contribution in [3.8, 4) is 11.8 Å². The molecule has 0 aliphatic rings. The lowest BCUT2D eigenvalue weighted by Crippen LogP contribution is -1.91. The van der Waals surface area contributed by atoms with Crippen molar-refractivity contribution in [1.29, 1.82) is 0 Å². The van der Waals surface area contributed by atoms with E-state index in [1.165, 1.54) is 0 Å². The first-order valence-corrected chi connectivity index (χ1v) is 3.78. The molecule has 12 heavy (non-hydrogen) atoms. The Balaban J connectivity index is 3.09. The highest BCUT2D eigenvalue weighted by molar-refractivity contribution is 5.94. The highest BCUT2D eigenvalue weighted by Crippen LogP contribution is 2.04. The maximum absolute atomic E-state index is 11.0. The summed E-state index contributed by atoms with van der Waals surface area (Å²) in [6.45, 7) is 3.33. The van der Waals surface area contributed by atoms with Crippen LogP contribution in [0.2, 0.25) is 0 Å². The molecule has 0 heterocycles. The van der Waals surface area contributed by atoms with Crippen LogP contribution in [0.1, 0.15) is 29.8 Å². The predicted octanol–water partition coefficient (Wildman–Crippen LogP) is 2.26. The molecule has 1 rings (SSSR count). The summed E-state index contributed by atoms with van der Waals surface area (Å²) in [6.07, 6.45) is 0. The Hall–Kier alpha value is -1.55. The summed E-state index contributed by atoms with van der Waals surface area (Å²) in [4.78, 5) is 11.0. The van der Waals surface area contributed by atoms with Gasteiger partial charge in [0, 0.05) is 11.1 Å². The average molecular weight is 158 g/mol. The van der Waals surface area contributed by atoms with E-state index in [1.807, 2.05) is 12.1 Å². The maximum Gasteiger partial charge on any atom is 0.159 e. The fourth-order valence-corrected chi connectivity index (χ4v) is 0.960. The molecule has 0 atom stereocenters. The average Bonchev–Trinajstić information content (AvgIpc) is 2.05. The van der Waals surface area contributed by atoms with Crippen LogP contribution in [0.3, 0.4) is 0 Å². The van der Waals surface area contributed by atoms with Gasteiger partial charge in [-0.1, -0.05) is 18.1 Å². The first-order chi connectivity index (χ1) is 5.74. The molecule has 1 heteroatoms. The van der Waals surface area contributed by atoms with Crippen LogP contribution in [-0.2, 0) is 0 Å². The van der Waals surface area contributed by atoms with Crippen molar-refractivity contribution in [1.82, 2.24) is 0 Å². The number of carbonyl (C=O) groups is 1. The van der Waals surface area contributed by atoms with Crippen LogP contribution >= 0.6 is 0 Å². The number of ketones is 1. The van der Waals surface area contributed by atoms with E-state index < -0.39 is 0 Å². The van der Waals surface area contributed by atoms with Crippen molar-refractivity contribution >= 4 is 5.78 Å². The summed E-state index contributed by atoms with van der Waals surface area (Å²) >= 11 is 0. The number of rotatable bonds is 1. The largest absolute Gasteiger partial charge is 0.295 e. The van der Waals surface area contributed by atoms with Crippen LogP contribution in [0, 0.1) is 11.8 Å². The predicted molar refractivity (Wildman–Crippen MR) is 49.0 cm³/mol.